The van der Waals surface area contributed by atoms with E-state index in [1.807, 2.05) is 31.2 Å². The van der Waals surface area contributed by atoms with E-state index < -0.39 is 0 Å². The smallest absolute Gasteiger partial charge is 0.255 e. The van der Waals surface area contributed by atoms with Gasteiger partial charge in [-0.25, -0.2) is 9.97 Å². The van der Waals surface area contributed by atoms with Gasteiger partial charge in [0, 0.05) is 42.1 Å². The highest BCUT2D eigenvalue weighted by atomic mass is 32.2. The van der Waals surface area contributed by atoms with Crippen LogP contribution in [-0.4, -0.2) is 46.0 Å². The van der Waals surface area contributed by atoms with Gasteiger partial charge in [0.15, 0.2) is 0 Å². The fourth-order valence-electron chi connectivity index (χ4n) is 2.91. The number of hydrogen-bond donors (Lipinski definition) is 3. The monoisotopic (exact) mass is 443 g/mol. The van der Waals surface area contributed by atoms with Gasteiger partial charge in [-0.2, -0.15) is 11.8 Å². The summed E-state index contributed by atoms with van der Waals surface area (Å²) in [5.74, 6) is 3.08. The van der Waals surface area contributed by atoms with Crippen LogP contribution in [0.2, 0.25) is 0 Å². The lowest BCUT2D eigenvalue weighted by molar-refractivity contribution is 0.118. The van der Waals surface area contributed by atoms with Gasteiger partial charge < -0.3 is 19.8 Å². The van der Waals surface area contributed by atoms with Crippen molar-refractivity contribution in [3.8, 4) is 5.75 Å². The highest BCUT2D eigenvalue weighted by Gasteiger charge is 2.04. The molecule has 0 bridgehead atoms. The van der Waals surface area contributed by atoms with Crippen LogP contribution in [0.5, 0.6) is 5.75 Å². The SMILES string of the molecule is COc1ccc(COCCCc2cnc(NCCSCc3nc[nH]c3C)[nH]c2=O)cc1. The Balaban J connectivity index is 1.31. The summed E-state index contributed by atoms with van der Waals surface area (Å²) in [6.45, 7) is 3.86. The second kappa shape index (κ2) is 12.2. The van der Waals surface area contributed by atoms with E-state index in [4.69, 9.17) is 9.47 Å². The van der Waals surface area contributed by atoms with Crippen molar-refractivity contribution in [2.24, 2.45) is 0 Å². The van der Waals surface area contributed by atoms with Gasteiger partial charge in [-0.15, -0.1) is 0 Å². The number of thioether (sulfide) groups is 1. The predicted molar refractivity (Wildman–Crippen MR) is 124 cm³/mol. The number of nitrogens with zero attached hydrogens (tertiary/aromatic N) is 2. The maximum Gasteiger partial charge on any atom is 0.255 e. The lowest BCUT2D eigenvalue weighted by Crippen LogP contribution is -2.18. The van der Waals surface area contributed by atoms with Crippen LogP contribution in [0.4, 0.5) is 5.95 Å². The minimum absolute atomic E-state index is 0.104. The largest absolute Gasteiger partial charge is 0.497 e. The predicted octanol–water partition coefficient (Wildman–Crippen LogP) is 3.30. The third-order valence-electron chi connectivity index (χ3n) is 4.75. The van der Waals surface area contributed by atoms with Crippen LogP contribution in [0.1, 0.15) is 28.9 Å². The maximum atomic E-state index is 12.3. The second-order valence-electron chi connectivity index (χ2n) is 7.04. The Hall–Kier alpha value is -2.78. The molecular formula is C22H29N5O3S. The van der Waals surface area contributed by atoms with Crippen molar-refractivity contribution < 1.29 is 9.47 Å². The van der Waals surface area contributed by atoms with Crippen molar-refractivity contribution in [2.75, 3.05) is 31.3 Å². The first-order valence-electron chi connectivity index (χ1n) is 10.2. The number of aromatic nitrogens is 4. The summed E-state index contributed by atoms with van der Waals surface area (Å²) >= 11 is 1.78. The number of rotatable bonds is 13. The van der Waals surface area contributed by atoms with Crippen molar-refractivity contribution in [3.05, 3.63) is 69.7 Å². The number of ether oxygens (including phenoxy) is 2. The summed E-state index contributed by atoms with van der Waals surface area (Å²) in [6.07, 6.45) is 4.75. The summed E-state index contributed by atoms with van der Waals surface area (Å²) in [6, 6.07) is 7.79. The Morgan fingerprint density at radius 3 is 2.74 bits per heavy atom. The van der Waals surface area contributed by atoms with Crippen LogP contribution < -0.4 is 15.6 Å². The molecular weight excluding hydrogens is 414 g/mol. The number of methoxy groups -OCH3 is 1. The van der Waals surface area contributed by atoms with Crippen LogP contribution in [0, 0.1) is 6.92 Å². The molecule has 0 unspecified atom stereocenters. The number of anilines is 1. The lowest BCUT2D eigenvalue weighted by Gasteiger charge is -2.07. The first-order valence-corrected chi connectivity index (χ1v) is 11.4. The van der Waals surface area contributed by atoms with Gasteiger partial charge in [0.1, 0.15) is 5.75 Å². The number of H-pyrrole nitrogens is 2. The second-order valence-corrected chi connectivity index (χ2v) is 8.15. The molecule has 31 heavy (non-hydrogen) atoms. The maximum absolute atomic E-state index is 12.3. The molecule has 3 rings (SSSR count). The molecule has 0 atom stereocenters. The molecule has 166 valence electrons. The topological polar surface area (TPSA) is 105 Å². The van der Waals surface area contributed by atoms with Crippen LogP contribution in [-0.2, 0) is 23.5 Å². The molecule has 0 aliphatic heterocycles. The standard InChI is InChI=1S/C22H29N5O3S/c1-16-20(26-15-25-16)14-31-11-9-23-22-24-12-18(21(28)27-22)4-3-10-30-13-17-5-7-19(29-2)8-6-17/h5-8,12,15H,3-4,9-11,13-14H2,1-2H3,(H,25,26)(H2,23,24,27,28). The average Bonchev–Trinajstić information content (AvgIpc) is 3.19. The van der Waals surface area contributed by atoms with E-state index in [0.29, 0.717) is 31.1 Å². The summed E-state index contributed by atoms with van der Waals surface area (Å²) in [4.78, 5) is 26.7. The molecule has 0 saturated carbocycles. The number of benzene rings is 1. The normalized spacial score (nSPS) is 10.9. The molecule has 1 aromatic carbocycles. The van der Waals surface area contributed by atoms with Gasteiger partial charge in [0.25, 0.3) is 5.56 Å². The van der Waals surface area contributed by atoms with Crippen molar-refractivity contribution in [3.63, 3.8) is 0 Å². The van der Waals surface area contributed by atoms with Crippen LogP contribution >= 0.6 is 11.8 Å². The quantitative estimate of drug-likeness (QED) is 0.348. The first-order chi connectivity index (χ1) is 15.2. The Labute approximate surface area is 186 Å². The molecule has 3 aromatic rings. The molecule has 8 nitrogen and oxygen atoms in total. The molecule has 0 fully saturated rings. The Kier molecular flexibility index (Phi) is 8.99. The summed E-state index contributed by atoms with van der Waals surface area (Å²) < 4.78 is 10.8. The van der Waals surface area contributed by atoms with Crippen LogP contribution in [0.15, 0.2) is 41.6 Å². The summed E-state index contributed by atoms with van der Waals surface area (Å²) in [7, 11) is 1.65. The minimum Gasteiger partial charge on any atom is -0.497 e. The molecule has 3 N–H and O–H groups in total. The van der Waals surface area contributed by atoms with E-state index in [2.05, 4.69) is 25.3 Å². The third kappa shape index (κ3) is 7.45. The number of imidazole rings is 1. The van der Waals surface area contributed by atoms with E-state index in [1.54, 1.807) is 31.4 Å². The minimum atomic E-state index is -0.104. The van der Waals surface area contributed by atoms with Crippen molar-refractivity contribution in [1.82, 2.24) is 19.9 Å². The first kappa shape index (κ1) is 22.9. The summed E-state index contributed by atoms with van der Waals surface area (Å²) in [5, 5.41) is 3.16. The number of aryl methyl sites for hydroxylation is 2. The van der Waals surface area contributed by atoms with E-state index >= 15 is 0 Å². The average molecular weight is 444 g/mol. The number of hydrogen-bond acceptors (Lipinski definition) is 7. The fraction of sp³-hybridized carbons (Fsp3) is 0.409. The fourth-order valence-corrected chi connectivity index (χ4v) is 3.78. The third-order valence-corrected chi connectivity index (χ3v) is 5.72. The highest BCUT2D eigenvalue weighted by molar-refractivity contribution is 7.98. The molecule has 0 saturated heterocycles. The zero-order valence-electron chi connectivity index (χ0n) is 17.9. The van der Waals surface area contributed by atoms with Gasteiger partial charge in [-0.1, -0.05) is 12.1 Å². The zero-order valence-corrected chi connectivity index (χ0v) is 18.8. The van der Waals surface area contributed by atoms with Gasteiger partial charge >= 0.3 is 0 Å². The molecule has 2 aromatic heterocycles. The zero-order chi connectivity index (χ0) is 21.9. The van der Waals surface area contributed by atoms with E-state index in [1.165, 1.54) is 0 Å². The van der Waals surface area contributed by atoms with Gasteiger partial charge in [0.05, 0.1) is 25.7 Å². The Morgan fingerprint density at radius 1 is 1.19 bits per heavy atom. The number of nitrogens with one attached hydrogen (secondary N) is 3. The van der Waals surface area contributed by atoms with Gasteiger partial charge in [0.2, 0.25) is 5.95 Å². The van der Waals surface area contributed by atoms with Gasteiger partial charge in [-0.3, -0.25) is 9.78 Å². The Bertz CT molecular complexity index is 987. The van der Waals surface area contributed by atoms with E-state index in [9.17, 15) is 4.79 Å². The Morgan fingerprint density at radius 2 is 2.03 bits per heavy atom. The summed E-state index contributed by atoms with van der Waals surface area (Å²) in [5.41, 5.74) is 3.84. The molecule has 2 heterocycles. The van der Waals surface area contributed by atoms with Gasteiger partial charge in [-0.05, 0) is 37.5 Å². The van der Waals surface area contributed by atoms with Crippen LogP contribution in [0.3, 0.4) is 0 Å². The molecule has 0 amide bonds. The molecule has 0 radical (unpaired) electrons. The van der Waals surface area contributed by atoms with Crippen LogP contribution in [0.25, 0.3) is 0 Å². The van der Waals surface area contributed by atoms with Crippen molar-refractivity contribution in [1.29, 1.82) is 0 Å². The lowest BCUT2D eigenvalue weighted by atomic mass is 10.2. The molecule has 9 heteroatoms. The van der Waals surface area contributed by atoms with E-state index in [-0.39, 0.29) is 5.56 Å². The molecule has 0 aliphatic carbocycles. The van der Waals surface area contributed by atoms with Crippen molar-refractivity contribution >= 4 is 17.7 Å². The van der Waals surface area contributed by atoms with Crippen molar-refractivity contribution in [2.45, 2.75) is 32.1 Å². The molecule has 0 spiro atoms. The van der Waals surface area contributed by atoms with E-state index in [0.717, 1.165) is 47.2 Å². The highest BCUT2D eigenvalue weighted by Crippen LogP contribution is 2.13. The molecule has 0 aliphatic rings. The number of aromatic amines is 2.